The van der Waals surface area contributed by atoms with Gasteiger partial charge in [-0.3, -0.25) is 0 Å². The summed E-state index contributed by atoms with van der Waals surface area (Å²) in [7, 11) is 0. The number of benzene rings is 1. The molecular formula is C11H7ClFN5. The second kappa shape index (κ2) is 4.23. The third-order valence-electron chi connectivity index (χ3n) is 2.40. The van der Waals surface area contributed by atoms with Crippen LogP contribution >= 0.6 is 11.6 Å². The molecule has 3 rings (SSSR count). The van der Waals surface area contributed by atoms with E-state index in [1.807, 2.05) is 0 Å². The van der Waals surface area contributed by atoms with Gasteiger partial charge < -0.3 is 10.3 Å². The fourth-order valence-electron chi connectivity index (χ4n) is 1.58. The van der Waals surface area contributed by atoms with E-state index < -0.39 is 0 Å². The van der Waals surface area contributed by atoms with Crippen LogP contribution in [0, 0.1) is 5.82 Å². The van der Waals surface area contributed by atoms with Gasteiger partial charge >= 0.3 is 0 Å². The molecule has 1 aromatic carbocycles. The molecule has 0 aliphatic carbocycles. The Hall–Kier alpha value is -2.21. The van der Waals surface area contributed by atoms with E-state index in [0.717, 1.165) is 0 Å². The number of rotatable bonds is 2. The van der Waals surface area contributed by atoms with Crippen molar-refractivity contribution in [3.8, 4) is 0 Å². The number of hydrogen-bond donors (Lipinski definition) is 2. The Morgan fingerprint density at radius 1 is 1.22 bits per heavy atom. The van der Waals surface area contributed by atoms with Crippen LogP contribution in [0.2, 0.25) is 5.02 Å². The van der Waals surface area contributed by atoms with Crippen molar-refractivity contribution in [3.05, 3.63) is 41.7 Å². The zero-order chi connectivity index (χ0) is 12.5. The zero-order valence-corrected chi connectivity index (χ0v) is 9.74. The maximum absolute atomic E-state index is 13.2. The van der Waals surface area contributed by atoms with E-state index in [1.165, 1.54) is 30.9 Å². The molecule has 18 heavy (non-hydrogen) atoms. The second-order valence-corrected chi connectivity index (χ2v) is 3.98. The minimum Gasteiger partial charge on any atom is -0.337 e. The molecule has 90 valence electrons. The number of aromatic amines is 1. The zero-order valence-electron chi connectivity index (χ0n) is 8.98. The summed E-state index contributed by atoms with van der Waals surface area (Å²) in [5, 5.41) is 3.34. The summed E-state index contributed by atoms with van der Waals surface area (Å²) in [6.07, 6.45) is 2.90. The van der Waals surface area contributed by atoms with E-state index in [0.29, 0.717) is 27.7 Å². The van der Waals surface area contributed by atoms with E-state index in [-0.39, 0.29) is 5.82 Å². The Labute approximate surface area is 106 Å². The summed E-state index contributed by atoms with van der Waals surface area (Å²) in [5.41, 5.74) is 1.59. The summed E-state index contributed by atoms with van der Waals surface area (Å²) in [5.74, 6) is 0.0861. The lowest BCUT2D eigenvalue weighted by Crippen LogP contribution is -1.97. The second-order valence-electron chi connectivity index (χ2n) is 3.57. The summed E-state index contributed by atoms with van der Waals surface area (Å²) in [6, 6.07) is 4.06. The molecule has 0 bridgehead atoms. The van der Waals surface area contributed by atoms with Gasteiger partial charge in [0.1, 0.15) is 12.1 Å². The number of halogens is 2. The monoisotopic (exact) mass is 263 g/mol. The summed E-state index contributed by atoms with van der Waals surface area (Å²) in [6.45, 7) is 0. The molecule has 5 nitrogen and oxygen atoms in total. The standard InChI is InChI=1S/C11H7ClFN5/c12-7-2-1-6(13)3-8(7)18-11-9-10(15-4-14-9)16-5-17-11/h1-5H,(H2,14,15,16,17,18). The molecule has 0 saturated heterocycles. The Morgan fingerprint density at radius 2 is 2.11 bits per heavy atom. The van der Waals surface area contributed by atoms with Crippen LogP contribution in [0.25, 0.3) is 11.2 Å². The number of nitrogens with zero attached hydrogens (tertiary/aromatic N) is 3. The van der Waals surface area contributed by atoms with Crippen LogP contribution in [0.4, 0.5) is 15.9 Å². The molecule has 2 N–H and O–H groups in total. The molecule has 0 fully saturated rings. The minimum atomic E-state index is -0.380. The van der Waals surface area contributed by atoms with Gasteiger partial charge in [-0.25, -0.2) is 19.3 Å². The van der Waals surface area contributed by atoms with Gasteiger partial charge in [0.15, 0.2) is 17.0 Å². The number of anilines is 2. The minimum absolute atomic E-state index is 0.380. The molecule has 0 saturated carbocycles. The lowest BCUT2D eigenvalue weighted by Gasteiger charge is -2.07. The van der Waals surface area contributed by atoms with Crippen LogP contribution in [0.5, 0.6) is 0 Å². The van der Waals surface area contributed by atoms with Gasteiger partial charge in [-0.2, -0.15) is 0 Å². The molecule has 0 aliphatic heterocycles. The molecule has 0 aliphatic rings. The van der Waals surface area contributed by atoms with Crippen LogP contribution in [0.1, 0.15) is 0 Å². The van der Waals surface area contributed by atoms with Gasteiger partial charge in [-0.1, -0.05) is 11.6 Å². The summed E-state index contributed by atoms with van der Waals surface area (Å²) in [4.78, 5) is 15.0. The van der Waals surface area contributed by atoms with Crippen molar-refractivity contribution in [1.29, 1.82) is 0 Å². The number of H-pyrrole nitrogens is 1. The molecule has 2 aromatic heterocycles. The highest BCUT2D eigenvalue weighted by Gasteiger charge is 2.08. The normalized spacial score (nSPS) is 10.8. The maximum atomic E-state index is 13.2. The largest absolute Gasteiger partial charge is 0.337 e. The topological polar surface area (TPSA) is 66.5 Å². The maximum Gasteiger partial charge on any atom is 0.162 e. The third kappa shape index (κ3) is 1.86. The molecule has 0 atom stereocenters. The lowest BCUT2D eigenvalue weighted by molar-refractivity contribution is 0.628. The van der Waals surface area contributed by atoms with Crippen molar-refractivity contribution in [3.63, 3.8) is 0 Å². The number of nitrogens with one attached hydrogen (secondary N) is 2. The average Bonchev–Trinajstić information content (AvgIpc) is 2.83. The van der Waals surface area contributed by atoms with Gasteiger partial charge in [0.05, 0.1) is 17.0 Å². The van der Waals surface area contributed by atoms with E-state index in [2.05, 4.69) is 25.3 Å². The number of hydrogen-bond acceptors (Lipinski definition) is 4. The van der Waals surface area contributed by atoms with Gasteiger partial charge in [0, 0.05) is 0 Å². The predicted molar refractivity (Wildman–Crippen MR) is 66.4 cm³/mol. The number of fused-ring (bicyclic) bond motifs is 1. The number of aromatic nitrogens is 4. The van der Waals surface area contributed by atoms with Crippen molar-refractivity contribution in [1.82, 2.24) is 19.9 Å². The molecule has 2 heterocycles. The van der Waals surface area contributed by atoms with E-state index in [1.54, 1.807) is 0 Å². The fourth-order valence-corrected chi connectivity index (χ4v) is 1.74. The van der Waals surface area contributed by atoms with Crippen LogP contribution < -0.4 is 5.32 Å². The first kappa shape index (κ1) is 10.9. The Morgan fingerprint density at radius 3 is 3.00 bits per heavy atom. The van der Waals surface area contributed by atoms with Crippen molar-refractivity contribution in [2.24, 2.45) is 0 Å². The summed E-state index contributed by atoms with van der Waals surface area (Å²) >= 11 is 5.97. The van der Waals surface area contributed by atoms with Crippen molar-refractivity contribution >= 4 is 34.3 Å². The molecule has 0 amide bonds. The first-order valence-corrected chi connectivity index (χ1v) is 5.48. The Bertz CT molecular complexity index is 711. The molecule has 0 unspecified atom stereocenters. The van der Waals surface area contributed by atoms with Gasteiger partial charge in [0.2, 0.25) is 0 Å². The molecule has 0 spiro atoms. The third-order valence-corrected chi connectivity index (χ3v) is 2.73. The quantitative estimate of drug-likeness (QED) is 0.746. The van der Waals surface area contributed by atoms with E-state index in [9.17, 15) is 4.39 Å². The first-order chi connectivity index (χ1) is 8.74. The van der Waals surface area contributed by atoms with E-state index in [4.69, 9.17) is 11.6 Å². The van der Waals surface area contributed by atoms with Crippen molar-refractivity contribution in [2.45, 2.75) is 0 Å². The predicted octanol–water partition coefficient (Wildman–Crippen LogP) is 2.89. The fraction of sp³-hybridized carbons (Fsp3) is 0. The highest BCUT2D eigenvalue weighted by atomic mass is 35.5. The van der Waals surface area contributed by atoms with Crippen molar-refractivity contribution in [2.75, 3.05) is 5.32 Å². The van der Waals surface area contributed by atoms with Gasteiger partial charge in [0.25, 0.3) is 0 Å². The molecule has 0 radical (unpaired) electrons. The van der Waals surface area contributed by atoms with Crippen molar-refractivity contribution < 1.29 is 4.39 Å². The van der Waals surface area contributed by atoms with Gasteiger partial charge in [-0.05, 0) is 18.2 Å². The van der Waals surface area contributed by atoms with Gasteiger partial charge in [-0.15, -0.1) is 0 Å². The lowest BCUT2D eigenvalue weighted by atomic mass is 10.3. The van der Waals surface area contributed by atoms with Crippen LogP contribution in [0.3, 0.4) is 0 Å². The summed E-state index contributed by atoms with van der Waals surface area (Å²) < 4.78 is 13.2. The molecule has 7 heteroatoms. The van der Waals surface area contributed by atoms with Crippen LogP contribution in [-0.2, 0) is 0 Å². The Kier molecular flexibility index (Phi) is 2.56. The molecular weight excluding hydrogens is 257 g/mol. The smallest absolute Gasteiger partial charge is 0.162 e. The highest BCUT2D eigenvalue weighted by Crippen LogP contribution is 2.27. The van der Waals surface area contributed by atoms with Crippen LogP contribution in [-0.4, -0.2) is 19.9 Å². The SMILES string of the molecule is Fc1ccc(Cl)c(Nc2ncnc3[nH]cnc23)c1. The van der Waals surface area contributed by atoms with Crippen LogP contribution in [0.15, 0.2) is 30.9 Å². The van der Waals surface area contributed by atoms with E-state index >= 15 is 0 Å². The highest BCUT2D eigenvalue weighted by molar-refractivity contribution is 6.33. The average molecular weight is 264 g/mol. The number of imidazole rings is 1. The first-order valence-electron chi connectivity index (χ1n) is 5.10. The molecule has 3 aromatic rings. The Balaban J connectivity index is 2.06.